The average molecular weight is 142 g/mol. The highest BCUT2D eigenvalue weighted by Gasteiger charge is 2.01. The van der Waals surface area contributed by atoms with Crippen LogP contribution in [0, 0.1) is 0 Å². The van der Waals surface area contributed by atoms with Crippen LogP contribution >= 0.6 is 11.8 Å². The number of hydrogen-bond donors (Lipinski definition) is 0. The minimum Gasteiger partial charge on any atom is -0.300 e. The van der Waals surface area contributed by atoms with Gasteiger partial charge in [0.2, 0.25) is 0 Å². The van der Waals surface area contributed by atoms with Gasteiger partial charge in [-0.15, -0.1) is 11.8 Å². The molecule has 0 aromatic carbocycles. The molecule has 2 heteroatoms. The molecule has 0 spiro atoms. The number of carbonyl (C=O) groups is 1. The molecule has 0 aromatic heterocycles. The molecule has 1 rings (SSSR count). The summed E-state index contributed by atoms with van der Waals surface area (Å²) in [6.07, 6.45) is 4.51. The summed E-state index contributed by atoms with van der Waals surface area (Å²) in [6.45, 7) is 0. The van der Waals surface area contributed by atoms with Crippen molar-refractivity contribution in [3.63, 3.8) is 0 Å². The molecule has 9 heavy (non-hydrogen) atoms. The topological polar surface area (TPSA) is 17.1 Å². The Labute approximate surface area is 59.5 Å². The second-order valence-electron chi connectivity index (χ2n) is 2.07. The maximum Gasteiger partial charge on any atom is 0.134 e. The molecule has 0 amide bonds. The fourth-order valence-corrected chi connectivity index (χ4v) is 1.50. The van der Waals surface area contributed by atoms with Gasteiger partial charge in [-0.3, -0.25) is 4.79 Å². The maximum atomic E-state index is 10.8. The standard InChI is InChI=1S/C7H10OS/c8-7-3-1-2-5-9-6-4-7/h2,5H,1,3-4,6H2/b5-2-. The Kier molecular flexibility index (Phi) is 2.84. The lowest BCUT2D eigenvalue weighted by molar-refractivity contribution is -0.118. The Balaban J connectivity index is 2.35. The van der Waals surface area contributed by atoms with Crippen molar-refractivity contribution < 1.29 is 4.79 Å². The van der Waals surface area contributed by atoms with Crippen LogP contribution in [0.4, 0.5) is 0 Å². The summed E-state index contributed by atoms with van der Waals surface area (Å²) in [5.41, 5.74) is 0. The van der Waals surface area contributed by atoms with E-state index in [1.807, 2.05) is 0 Å². The van der Waals surface area contributed by atoms with Gasteiger partial charge in [0.05, 0.1) is 0 Å². The first-order valence-electron chi connectivity index (χ1n) is 3.18. The number of hydrogen-bond acceptors (Lipinski definition) is 2. The van der Waals surface area contributed by atoms with Crippen LogP contribution in [0.25, 0.3) is 0 Å². The molecule has 0 saturated heterocycles. The quantitative estimate of drug-likeness (QED) is 0.514. The molecule has 0 radical (unpaired) electrons. The Morgan fingerprint density at radius 2 is 2.33 bits per heavy atom. The monoisotopic (exact) mass is 142 g/mol. The molecule has 0 aromatic rings. The Hall–Kier alpha value is -0.240. The van der Waals surface area contributed by atoms with Gasteiger partial charge in [-0.2, -0.15) is 0 Å². The maximum absolute atomic E-state index is 10.8. The van der Waals surface area contributed by atoms with Crippen LogP contribution < -0.4 is 0 Å². The number of thioether (sulfide) groups is 1. The zero-order valence-electron chi connectivity index (χ0n) is 5.30. The molecule has 0 saturated carbocycles. The Morgan fingerprint density at radius 3 is 3.22 bits per heavy atom. The highest BCUT2D eigenvalue weighted by Crippen LogP contribution is 2.11. The Morgan fingerprint density at radius 1 is 1.44 bits per heavy atom. The largest absolute Gasteiger partial charge is 0.300 e. The first-order chi connectivity index (χ1) is 4.39. The van der Waals surface area contributed by atoms with E-state index in [2.05, 4.69) is 11.5 Å². The van der Waals surface area contributed by atoms with E-state index in [0.717, 1.165) is 25.0 Å². The molecule has 0 aliphatic carbocycles. The second kappa shape index (κ2) is 3.72. The van der Waals surface area contributed by atoms with Gasteiger partial charge in [-0.05, 0) is 11.8 Å². The summed E-state index contributed by atoms with van der Waals surface area (Å²) in [7, 11) is 0. The number of rotatable bonds is 0. The van der Waals surface area contributed by atoms with E-state index in [-0.39, 0.29) is 0 Å². The van der Waals surface area contributed by atoms with Gasteiger partial charge in [0.1, 0.15) is 5.78 Å². The van der Waals surface area contributed by atoms with E-state index in [9.17, 15) is 4.79 Å². The number of carbonyl (C=O) groups excluding carboxylic acids is 1. The first kappa shape index (κ1) is 6.87. The van der Waals surface area contributed by atoms with Crippen LogP contribution in [-0.2, 0) is 4.79 Å². The lowest BCUT2D eigenvalue weighted by Crippen LogP contribution is -1.99. The predicted molar refractivity (Wildman–Crippen MR) is 40.5 cm³/mol. The third-order valence-corrected chi connectivity index (χ3v) is 2.11. The zero-order chi connectivity index (χ0) is 6.53. The highest BCUT2D eigenvalue weighted by atomic mass is 32.2. The van der Waals surface area contributed by atoms with E-state index in [1.165, 1.54) is 0 Å². The fourth-order valence-electron chi connectivity index (χ4n) is 0.746. The van der Waals surface area contributed by atoms with Gasteiger partial charge < -0.3 is 0 Å². The second-order valence-corrected chi connectivity index (χ2v) is 3.08. The van der Waals surface area contributed by atoms with Crippen LogP contribution in [-0.4, -0.2) is 11.5 Å². The Bertz CT molecular complexity index is 129. The van der Waals surface area contributed by atoms with Crippen LogP contribution in [0.3, 0.4) is 0 Å². The van der Waals surface area contributed by atoms with Crippen molar-refractivity contribution in [3.05, 3.63) is 11.5 Å². The van der Waals surface area contributed by atoms with Crippen molar-refractivity contribution in [1.29, 1.82) is 0 Å². The molecule has 0 bridgehead atoms. The summed E-state index contributed by atoms with van der Waals surface area (Å²) in [5.74, 6) is 1.38. The van der Waals surface area contributed by atoms with Gasteiger partial charge in [-0.1, -0.05) is 6.08 Å². The van der Waals surface area contributed by atoms with Gasteiger partial charge in [0, 0.05) is 18.6 Å². The lowest BCUT2D eigenvalue weighted by atomic mass is 10.2. The van der Waals surface area contributed by atoms with E-state index in [1.54, 1.807) is 11.8 Å². The fraction of sp³-hybridized carbons (Fsp3) is 0.571. The van der Waals surface area contributed by atoms with E-state index >= 15 is 0 Å². The van der Waals surface area contributed by atoms with Crippen molar-refractivity contribution in [2.75, 3.05) is 5.75 Å². The molecule has 1 aliphatic rings. The average Bonchev–Trinajstić information content (AvgIpc) is 1.79. The molecular weight excluding hydrogens is 132 g/mol. The number of Topliss-reactive ketones (excluding diaryl/α,β-unsaturated/α-hetero) is 1. The third-order valence-electron chi connectivity index (χ3n) is 1.28. The van der Waals surface area contributed by atoms with E-state index < -0.39 is 0 Å². The molecular formula is C7H10OS. The van der Waals surface area contributed by atoms with E-state index in [0.29, 0.717) is 5.78 Å². The molecule has 1 nitrogen and oxygen atoms in total. The van der Waals surface area contributed by atoms with Crippen molar-refractivity contribution >= 4 is 17.5 Å². The van der Waals surface area contributed by atoms with Crippen LogP contribution in [0.1, 0.15) is 19.3 Å². The first-order valence-corrected chi connectivity index (χ1v) is 4.23. The summed E-state index contributed by atoms with van der Waals surface area (Å²) in [4.78, 5) is 10.8. The lowest BCUT2D eigenvalue weighted by Gasteiger charge is -1.99. The molecule has 1 aliphatic heterocycles. The molecule has 0 fully saturated rings. The van der Waals surface area contributed by atoms with E-state index in [4.69, 9.17) is 0 Å². The minimum atomic E-state index is 0.409. The van der Waals surface area contributed by atoms with Gasteiger partial charge in [0.25, 0.3) is 0 Å². The predicted octanol–water partition coefficient (Wildman–Crippen LogP) is 1.99. The van der Waals surface area contributed by atoms with Gasteiger partial charge in [-0.25, -0.2) is 0 Å². The highest BCUT2D eigenvalue weighted by molar-refractivity contribution is 8.02. The van der Waals surface area contributed by atoms with Gasteiger partial charge >= 0.3 is 0 Å². The molecule has 0 unspecified atom stereocenters. The number of ketones is 1. The summed E-state index contributed by atoms with van der Waals surface area (Å²) < 4.78 is 0. The normalized spacial score (nSPS) is 24.7. The summed E-state index contributed by atoms with van der Waals surface area (Å²) in [5, 5.41) is 2.09. The minimum absolute atomic E-state index is 0.409. The van der Waals surface area contributed by atoms with Crippen LogP contribution in [0.5, 0.6) is 0 Å². The molecule has 1 heterocycles. The SMILES string of the molecule is O=C1CC/C=C\SCC1. The third kappa shape index (κ3) is 2.70. The summed E-state index contributed by atoms with van der Waals surface area (Å²) in [6, 6.07) is 0. The molecule has 0 N–H and O–H groups in total. The van der Waals surface area contributed by atoms with Gasteiger partial charge in [0.15, 0.2) is 0 Å². The number of allylic oxidation sites excluding steroid dienone is 1. The van der Waals surface area contributed by atoms with Crippen LogP contribution in [0.15, 0.2) is 11.5 Å². The van der Waals surface area contributed by atoms with Crippen molar-refractivity contribution in [3.8, 4) is 0 Å². The van der Waals surface area contributed by atoms with Crippen molar-refractivity contribution in [2.45, 2.75) is 19.3 Å². The van der Waals surface area contributed by atoms with Crippen molar-refractivity contribution in [2.24, 2.45) is 0 Å². The van der Waals surface area contributed by atoms with Crippen LogP contribution in [0.2, 0.25) is 0 Å². The summed E-state index contributed by atoms with van der Waals surface area (Å²) >= 11 is 1.73. The molecule has 0 atom stereocenters. The smallest absolute Gasteiger partial charge is 0.134 e. The van der Waals surface area contributed by atoms with Crippen molar-refractivity contribution in [1.82, 2.24) is 0 Å². The zero-order valence-corrected chi connectivity index (χ0v) is 6.12. The molecule has 50 valence electrons.